The van der Waals surface area contributed by atoms with Crippen molar-refractivity contribution in [3.05, 3.63) is 11.4 Å². The number of nitrogens with two attached hydrogens (primary N) is 1. The first-order chi connectivity index (χ1) is 9.46. The van der Waals surface area contributed by atoms with Crippen LogP contribution in [0.15, 0.2) is 15.7 Å². The van der Waals surface area contributed by atoms with Gasteiger partial charge in [0.15, 0.2) is 0 Å². The summed E-state index contributed by atoms with van der Waals surface area (Å²) in [5.74, 6) is 0.294. The zero-order chi connectivity index (χ0) is 14.3. The monoisotopic (exact) mass is 315 g/mol. The van der Waals surface area contributed by atoms with Crippen molar-refractivity contribution in [3.63, 3.8) is 0 Å². The minimum Gasteiger partial charge on any atom is -0.398 e. The molecule has 1 aromatic rings. The van der Waals surface area contributed by atoms with Crippen LogP contribution in [0.5, 0.6) is 0 Å². The van der Waals surface area contributed by atoms with Gasteiger partial charge in [0.05, 0.1) is 0 Å². The SMILES string of the molecule is Nc1csc(S(=O)(=O)N2CCC3NC(=O)CCC3C2)c1. The first-order valence-corrected chi connectivity index (χ1v) is 8.92. The van der Waals surface area contributed by atoms with E-state index in [2.05, 4.69) is 5.32 Å². The van der Waals surface area contributed by atoms with E-state index in [1.54, 1.807) is 5.38 Å². The van der Waals surface area contributed by atoms with Gasteiger partial charge in [-0.1, -0.05) is 0 Å². The second kappa shape index (κ2) is 5.01. The molecule has 0 aliphatic carbocycles. The van der Waals surface area contributed by atoms with Crippen LogP contribution in [0, 0.1) is 5.92 Å². The molecule has 0 spiro atoms. The molecule has 0 saturated carbocycles. The Balaban J connectivity index is 1.77. The zero-order valence-corrected chi connectivity index (χ0v) is 12.5. The fourth-order valence-corrected chi connectivity index (χ4v) is 5.63. The highest BCUT2D eigenvalue weighted by molar-refractivity contribution is 7.91. The molecule has 8 heteroatoms. The predicted octanol–water partition coefficient (Wildman–Crippen LogP) is 0.619. The number of nitrogens with zero attached hydrogens (tertiary/aromatic N) is 1. The number of carbonyl (C=O) groups is 1. The molecule has 3 rings (SSSR count). The van der Waals surface area contributed by atoms with E-state index < -0.39 is 10.0 Å². The molecule has 3 N–H and O–H groups in total. The van der Waals surface area contributed by atoms with E-state index >= 15 is 0 Å². The number of anilines is 1. The molecule has 3 heterocycles. The minimum absolute atomic E-state index is 0.0774. The lowest BCUT2D eigenvalue weighted by molar-refractivity contribution is -0.124. The second-order valence-electron chi connectivity index (χ2n) is 5.32. The Morgan fingerprint density at radius 2 is 2.20 bits per heavy atom. The summed E-state index contributed by atoms with van der Waals surface area (Å²) in [7, 11) is -3.45. The van der Waals surface area contributed by atoms with E-state index in [1.807, 2.05) is 0 Å². The summed E-state index contributed by atoms with van der Waals surface area (Å²) in [6.07, 6.45) is 1.92. The number of thiophene rings is 1. The van der Waals surface area contributed by atoms with Gasteiger partial charge in [0.1, 0.15) is 4.21 Å². The fourth-order valence-electron chi connectivity index (χ4n) is 2.89. The van der Waals surface area contributed by atoms with Crippen LogP contribution in [0.2, 0.25) is 0 Å². The topological polar surface area (TPSA) is 92.5 Å². The molecule has 20 heavy (non-hydrogen) atoms. The molecule has 2 unspecified atom stereocenters. The third-order valence-electron chi connectivity index (χ3n) is 3.98. The maximum atomic E-state index is 12.5. The Hall–Kier alpha value is -1.12. The van der Waals surface area contributed by atoms with Crippen LogP contribution in [-0.4, -0.2) is 37.8 Å². The van der Waals surface area contributed by atoms with Crippen molar-refractivity contribution >= 4 is 33.0 Å². The summed E-state index contributed by atoms with van der Waals surface area (Å²) in [6, 6.07) is 1.63. The summed E-state index contributed by atoms with van der Waals surface area (Å²) in [5.41, 5.74) is 6.09. The lowest BCUT2D eigenvalue weighted by atomic mass is 9.86. The number of nitrogen functional groups attached to an aromatic ring is 1. The Labute approximate surface area is 122 Å². The van der Waals surface area contributed by atoms with Gasteiger partial charge < -0.3 is 11.1 Å². The molecule has 0 radical (unpaired) electrons. The van der Waals surface area contributed by atoms with Crippen LogP contribution in [-0.2, 0) is 14.8 Å². The van der Waals surface area contributed by atoms with Crippen molar-refractivity contribution in [2.24, 2.45) is 5.92 Å². The number of amides is 1. The molecule has 0 aromatic carbocycles. The third kappa shape index (κ3) is 2.43. The molecule has 2 atom stereocenters. The first-order valence-electron chi connectivity index (χ1n) is 6.60. The van der Waals surface area contributed by atoms with Gasteiger partial charge in [-0.2, -0.15) is 4.31 Å². The quantitative estimate of drug-likeness (QED) is 0.837. The van der Waals surface area contributed by atoms with Crippen LogP contribution in [0.4, 0.5) is 5.69 Å². The Morgan fingerprint density at radius 3 is 2.90 bits per heavy atom. The number of nitrogens with one attached hydrogen (secondary N) is 1. The van der Waals surface area contributed by atoms with Crippen molar-refractivity contribution in [2.45, 2.75) is 29.5 Å². The standard InChI is InChI=1S/C12H17N3O3S2/c13-9-5-12(19-7-9)20(17,18)15-4-3-10-8(6-15)1-2-11(16)14-10/h5,7-8,10H,1-4,6,13H2,(H,14,16). The number of sulfonamides is 1. The predicted molar refractivity (Wildman–Crippen MR) is 76.8 cm³/mol. The van der Waals surface area contributed by atoms with Crippen molar-refractivity contribution in [1.29, 1.82) is 0 Å². The number of fused-ring (bicyclic) bond motifs is 1. The summed E-state index contributed by atoms with van der Waals surface area (Å²) in [6.45, 7) is 0.923. The molecule has 2 fully saturated rings. The average Bonchev–Trinajstić information content (AvgIpc) is 2.85. The molecule has 0 bridgehead atoms. The number of rotatable bonds is 2. The molecule has 2 aliphatic rings. The zero-order valence-electron chi connectivity index (χ0n) is 10.9. The molecule has 1 amide bonds. The number of carbonyl (C=O) groups excluding carboxylic acids is 1. The van der Waals surface area contributed by atoms with Crippen LogP contribution >= 0.6 is 11.3 Å². The molecule has 1 aromatic heterocycles. The molecule has 2 saturated heterocycles. The fraction of sp³-hybridized carbons (Fsp3) is 0.583. The average molecular weight is 315 g/mol. The third-order valence-corrected chi connectivity index (χ3v) is 7.27. The largest absolute Gasteiger partial charge is 0.398 e. The highest BCUT2D eigenvalue weighted by Gasteiger charge is 2.38. The Morgan fingerprint density at radius 1 is 1.40 bits per heavy atom. The molecular formula is C12H17N3O3S2. The van der Waals surface area contributed by atoms with Crippen LogP contribution < -0.4 is 11.1 Å². The summed E-state index contributed by atoms with van der Waals surface area (Å²) in [4.78, 5) is 11.4. The van der Waals surface area contributed by atoms with E-state index in [1.165, 1.54) is 10.4 Å². The van der Waals surface area contributed by atoms with Crippen molar-refractivity contribution < 1.29 is 13.2 Å². The van der Waals surface area contributed by atoms with E-state index in [-0.39, 0.29) is 17.9 Å². The Kier molecular flexibility index (Phi) is 3.47. The van der Waals surface area contributed by atoms with Gasteiger partial charge in [-0.3, -0.25) is 4.79 Å². The van der Waals surface area contributed by atoms with Gasteiger partial charge >= 0.3 is 0 Å². The summed E-state index contributed by atoms with van der Waals surface area (Å²) >= 11 is 1.16. The van der Waals surface area contributed by atoms with Crippen LogP contribution in [0.1, 0.15) is 19.3 Å². The highest BCUT2D eigenvalue weighted by Crippen LogP contribution is 2.31. The van der Waals surface area contributed by atoms with E-state index in [0.717, 1.165) is 17.8 Å². The normalized spacial score (nSPS) is 27.9. The highest BCUT2D eigenvalue weighted by atomic mass is 32.2. The second-order valence-corrected chi connectivity index (χ2v) is 8.40. The number of hydrogen-bond acceptors (Lipinski definition) is 5. The van der Waals surface area contributed by atoms with Gasteiger partial charge in [-0.25, -0.2) is 8.42 Å². The number of piperidine rings is 2. The van der Waals surface area contributed by atoms with Crippen LogP contribution in [0.3, 0.4) is 0 Å². The smallest absolute Gasteiger partial charge is 0.252 e. The summed E-state index contributed by atoms with van der Waals surface area (Å²) in [5, 5.41) is 4.60. The van der Waals surface area contributed by atoms with Gasteiger partial charge in [-0.05, 0) is 24.8 Å². The maximum Gasteiger partial charge on any atom is 0.252 e. The lowest BCUT2D eigenvalue weighted by Gasteiger charge is -2.40. The number of hydrogen-bond donors (Lipinski definition) is 2. The van der Waals surface area contributed by atoms with E-state index in [0.29, 0.717) is 35.8 Å². The van der Waals surface area contributed by atoms with Gasteiger partial charge in [0, 0.05) is 36.6 Å². The van der Waals surface area contributed by atoms with Gasteiger partial charge in [0.2, 0.25) is 5.91 Å². The van der Waals surface area contributed by atoms with Crippen molar-refractivity contribution in [2.75, 3.05) is 18.8 Å². The minimum atomic E-state index is -3.45. The van der Waals surface area contributed by atoms with Gasteiger partial charge in [0.25, 0.3) is 10.0 Å². The molecule has 2 aliphatic heterocycles. The van der Waals surface area contributed by atoms with E-state index in [9.17, 15) is 13.2 Å². The van der Waals surface area contributed by atoms with Crippen LogP contribution in [0.25, 0.3) is 0 Å². The maximum absolute atomic E-state index is 12.5. The van der Waals surface area contributed by atoms with Gasteiger partial charge in [-0.15, -0.1) is 11.3 Å². The molecule has 6 nitrogen and oxygen atoms in total. The Bertz CT molecular complexity index is 626. The van der Waals surface area contributed by atoms with Crippen molar-refractivity contribution in [3.8, 4) is 0 Å². The van der Waals surface area contributed by atoms with Crippen molar-refractivity contribution in [1.82, 2.24) is 9.62 Å². The summed E-state index contributed by atoms with van der Waals surface area (Å²) < 4.78 is 26.9. The molecule has 110 valence electrons. The first kappa shape index (κ1) is 13.8. The molecular weight excluding hydrogens is 298 g/mol. The van der Waals surface area contributed by atoms with E-state index in [4.69, 9.17) is 5.73 Å². The lowest BCUT2D eigenvalue weighted by Crippen LogP contribution is -2.54.